The standard InChI is InChI=1S/C10H16N2O2S/c1-6(5-13)12(4)10(14)9-7(2)11-8(3)15-9/h6,13H,5H2,1-4H3. The molecule has 1 rings (SSSR count). The van der Waals surface area contributed by atoms with Crippen molar-refractivity contribution < 1.29 is 9.90 Å². The van der Waals surface area contributed by atoms with Gasteiger partial charge in [0.25, 0.3) is 5.91 Å². The fraction of sp³-hybridized carbons (Fsp3) is 0.600. The summed E-state index contributed by atoms with van der Waals surface area (Å²) in [6.45, 7) is 5.48. The second kappa shape index (κ2) is 4.72. The number of aromatic nitrogens is 1. The molecule has 15 heavy (non-hydrogen) atoms. The number of amides is 1. The van der Waals surface area contributed by atoms with Crippen LogP contribution < -0.4 is 0 Å². The Labute approximate surface area is 93.6 Å². The van der Waals surface area contributed by atoms with Crippen LogP contribution in [0.5, 0.6) is 0 Å². The van der Waals surface area contributed by atoms with Gasteiger partial charge in [-0.25, -0.2) is 4.98 Å². The zero-order valence-corrected chi connectivity index (χ0v) is 10.3. The van der Waals surface area contributed by atoms with Crippen molar-refractivity contribution in [2.45, 2.75) is 26.8 Å². The van der Waals surface area contributed by atoms with E-state index in [9.17, 15) is 4.79 Å². The zero-order valence-electron chi connectivity index (χ0n) is 9.44. The number of rotatable bonds is 3. The van der Waals surface area contributed by atoms with Gasteiger partial charge in [0, 0.05) is 7.05 Å². The number of likely N-dealkylation sites (N-methyl/N-ethyl adjacent to an activating group) is 1. The third-order valence-corrected chi connectivity index (χ3v) is 3.40. The predicted octanol–water partition coefficient (Wildman–Crippen LogP) is 1.21. The highest BCUT2D eigenvalue weighted by Gasteiger charge is 2.21. The fourth-order valence-corrected chi connectivity index (χ4v) is 2.12. The average Bonchev–Trinajstić information content (AvgIpc) is 2.54. The molecule has 0 aliphatic rings. The van der Waals surface area contributed by atoms with E-state index in [0.717, 1.165) is 10.7 Å². The summed E-state index contributed by atoms with van der Waals surface area (Å²) in [4.78, 5) is 18.4. The van der Waals surface area contributed by atoms with Crippen molar-refractivity contribution in [2.24, 2.45) is 0 Å². The second-order valence-electron chi connectivity index (χ2n) is 3.60. The molecule has 0 saturated heterocycles. The van der Waals surface area contributed by atoms with E-state index in [4.69, 9.17) is 5.11 Å². The van der Waals surface area contributed by atoms with Crippen LogP contribution in [0, 0.1) is 13.8 Å². The number of carbonyl (C=O) groups is 1. The number of carbonyl (C=O) groups excluding carboxylic acids is 1. The van der Waals surface area contributed by atoms with E-state index in [1.54, 1.807) is 18.9 Å². The van der Waals surface area contributed by atoms with Crippen molar-refractivity contribution >= 4 is 17.2 Å². The Morgan fingerprint density at radius 1 is 1.60 bits per heavy atom. The normalized spacial score (nSPS) is 12.6. The summed E-state index contributed by atoms with van der Waals surface area (Å²) < 4.78 is 0. The van der Waals surface area contributed by atoms with E-state index < -0.39 is 0 Å². The summed E-state index contributed by atoms with van der Waals surface area (Å²) >= 11 is 1.39. The first-order valence-electron chi connectivity index (χ1n) is 4.79. The van der Waals surface area contributed by atoms with Gasteiger partial charge in [-0.15, -0.1) is 11.3 Å². The van der Waals surface area contributed by atoms with Crippen molar-refractivity contribution in [3.8, 4) is 0 Å². The highest BCUT2D eigenvalue weighted by molar-refractivity contribution is 7.13. The third-order valence-electron chi connectivity index (χ3n) is 2.34. The van der Waals surface area contributed by atoms with E-state index in [0.29, 0.717) is 4.88 Å². The van der Waals surface area contributed by atoms with E-state index in [2.05, 4.69) is 4.98 Å². The van der Waals surface area contributed by atoms with Gasteiger partial charge in [0.05, 0.1) is 23.4 Å². The van der Waals surface area contributed by atoms with Gasteiger partial charge in [-0.3, -0.25) is 4.79 Å². The molecule has 0 aliphatic heterocycles. The lowest BCUT2D eigenvalue weighted by molar-refractivity contribution is 0.0686. The minimum absolute atomic E-state index is 0.0287. The number of nitrogens with zero attached hydrogens (tertiary/aromatic N) is 2. The summed E-state index contributed by atoms with van der Waals surface area (Å²) in [5.41, 5.74) is 0.763. The molecule has 1 atom stereocenters. The van der Waals surface area contributed by atoms with Crippen LogP contribution in [0.15, 0.2) is 0 Å². The Balaban J connectivity index is 2.89. The van der Waals surface area contributed by atoms with Gasteiger partial charge in [-0.05, 0) is 20.8 Å². The quantitative estimate of drug-likeness (QED) is 0.846. The Morgan fingerprint density at radius 3 is 2.60 bits per heavy atom. The number of thiazole rings is 1. The molecule has 0 saturated carbocycles. The van der Waals surface area contributed by atoms with E-state index >= 15 is 0 Å². The molecule has 0 aromatic carbocycles. The van der Waals surface area contributed by atoms with Gasteiger partial charge >= 0.3 is 0 Å². The lowest BCUT2D eigenvalue weighted by Crippen LogP contribution is -2.37. The summed E-state index contributed by atoms with van der Waals surface area (Å²) in [6, 6.07) is -0.167. The minimum Gasteiger partial charge on any atom is -0.394 e. The third kappa shape index (κ3) is 2.54. The molecule has 0 fully saturated rings. The summed E-state index contributed by atoms with van der Waals surface area (Å²) in [5.74, 6) is -0.0698. The van der Waals surface area contributed by atoms with Crippen LogP contribution in [0.1, 0.15) is 27.3 Å². The molecule has 1 N–H and O–H groups in total. The number of aliphatic hydroxyl groups excluding tert-OH is 1. The van der Waals surface area contributed by atoms with Crippen molar-refractivity contribution in [2.75, 3.05) is 13.7 Å². The monoisotopic (exact) mass is 228 g/mol. The molecular formula is C10H16N2O2S. The van der Waals surface area contributed by atoms with Gasteiger partial charge in [0.1, 0.15) is 4.88 Å². The van der Waals surface area contributed by atoms with Gasteiger partial charge < -0.3 is 10.0 Å². The molecule has 5 heteroatoms. The SMILES string of the molecule is Cc1nc(C)c(C(=O)N(C)C(C)CO)s1. The Bertz CT molecular complexity index is 362. The molecule has 4 nitrogen and oxygen atoms in total. The van der Waals surface area contributed by atoms with Crippen LogP contribution in [0.25, 0.3) is 0 Å². The van der Waals surface area contributed by atoms with Gasteiger partial charge in [-0.1, -0.05) is 0 Å². The van der Waals surface area contributed by atoms with Crippen LogP contribution in [0.3, 0.4) is 0 Å². The molecule has 0 radical (unpaired) electrons. The largest absolute Gasteiger partial charge is 0.394 e. The second-order valence-corrected chi connectivity index (χ2v) is 4.80. The highest BCUT2D eigenvalue weighted by Crippen LogP contribution is 2.19. The van der Waals surface area contributed by atoms with Gasteiger partial charge in [0.15, 0.2) is 0 Å². The molecule has 0 bridgehead atoms. The summed E-state index contributed by atoms with van der Waals surface area (Å²) in [7, 11) is 1.69. The lowest BCUT2D eigenvalue weighted by Gasteiger charge is -2.22. The summed E-state index contributed by atoms with van der Waals surface area (Å²) in [6.07, 6.45) is 0. The van der Waals surface area contributed by atoms with Crippen LogP contribution in [0.4, 0.5) is 0 Å². The van der Waals surface area contributed by atoms with Crippen molar-refractivity contribution in [3.63, 3.8) is 0 Å². The van der Waals surface area contributed by atoms with Crippen LogP contribution >= 0.6 is 11.3 Å². The molecule has 1 amide bonds. The maximum absolute atomic E-state index is 12.0. The maximum Gasteiger partial charge on any atom is 0.265 e. The lowest BCUT2D eigenvalue weighted by atomic mass is 10.3. The predicted molar refractivity (Wildman–Crippen MR) is 60.2 cm³/mol. The van der Waals surface area contributed by atoms with Gasteiger partial charge in [0.2, 0.25) is 0 Å². The molecule has 1 aromatic heterocycles. The van der Waals surface area contributed by atoms with Crippen molar-refractivity contribution in [3.05, 3.63) is 15.6 Å². The summed E-state index contributed by atoms with van der Waals surface area (Å²) in [5, 5.41) is 9.86. The Kier molecular flexibility index (Phi) is 3.82. The molecule has 84 valence electrons. The number of aliphatic hydroxyl groups is 1. The highest BCUT2D eigenvalue weighted by atomic mass is 32.1. The van der Waals surface area contributed by atoms with Crippen molar-refractivity contribution in [1.29, 1.82) is 0 Å². The average molecular weight is 228 g/mol. The fourth-order valence-electron chi connectivity index (χ4n) is 1.21. The van der Waals surface area contributed by atoms with Crippen molar-refractivity contribution in [1.82, 2.24) is 9.88 Å². The van der Waals surface area contributed by atoms with E-state index in [1.165, 1.54) is 11.3 Å². The van der Waals surface area contributed by atoms with Crippen LogP contribution in [-0.4, -0.2) is 40.6 Å². The molecule has 0 spiro atoms. The first kappa shape index (κ1) is 12.1. The first-order valence-corrected chi connectivity index (χ1v) is 5.61. The van der Waals surface area contributed by atoms with Crippen LogP contribution in [0.2, 0.25) is 0 Å². The molecule has 1 aromatic rings. The van der Waals surface area contributed by atoms with E-state index in [1.807, 2.05) is 13.8 Å². The van der Waals surface area contributed by atoms with Gasteiger partial charge in [-0.2, -0.15) is 0 Å². The maximum atomic E-state index is 12.0. The minimum atomic E-state index is -0.167. The smallest absolute Gasteiger partial charge is 0.265 e. The molecule has 0 aliphatic carbocycles. The number of hydrogen-bond donors (Lipinski definition) is 1. The number of aryl methyl sites for hydroxylation is 2. The molecule has 1 heterocycles. The van der Waals surface area contributed by atoms with Crippen LogP contribution in [-0.2, 0) is 0 Å². The first-order chi connectivity index (χ1) is 6.97. The molecule has 1 unspecified atom stereocenters. The molecular weight excluding hydrogens is 212 g/mol. The number of hydrogen-bond acceptors (Lipinski definition) is 4. The van der Waals surface area contributed by atoms with E-state index in [-0.39, 0.29) is 18.6 Å². The zero-order chi connectivity index (χ0) is 11.6. The Morgan fingerprint density at radius 2 is 2.20 bits per heavy atom. The Hall–Kier alpha value is -0.940. The topological polar surface area (TPSA) is 53.4 Å².